The maximum Gasteiger partial charge on any atom is 0.157 e. The lowest BCUT2D eigenvalue weighted by Crippen LogP contribution is -2.26. The van der Waals surface area contributed by atoms with Crippen molar-refractivity contribution in [2.24, 2.45) is 0 Å². The largest absolute Gasteiger partial charge is 0.486 e. The smallest absolute Gasteiger partial charge is 0.157 e. The van der Waals surface area contributed by atoms with Crippen LogP contribution in [0.25, 0.3) is 0 Å². The summed E-state index contributed by atoms with van der Waals surface area (Å²) >= 11 is 17.8. The van der Waals surface area contributed by atoms with Crippen LogP contribution in [0.4, 0.5) is 0 Å². The summed E-state index contributed by atoms with van der Waals surface area (Å²) in [7, 11) is 0. The van der Waals surface area contributed by atoms with Crippen LogP contribution in [0.15, 0.2) is 24.3 Å². The number of hydrogen-bond donors (Lipinski definition) is 1. The van der Waals surface area contributed by atoms with E-state index >= 15 is 0 Å². The molecule has 0 aliphatic heterocycles. The van der Waals surface area contributed by atoms with Gasteiger partial charge in [0, 0.05) is 17.6 Å². The topological polar surface area (TPSA) is 21.3 Å². The standard InChI is InChI=1S/C13H16Cl3NO/c1-8(2)17-6-9(3)7-18-13-11(15)4-10(14)5-12(13)16/h4-5,8,17H,3,6-7H2,1-2H3. The van der Waals surface area contributed by atoms with Crippen LogP contribution in [0.2, 0.25) is 15.1 Å². The van der Waals surface area contributed by atoms with Crippen molar-refractivity contribution in [2.45, 2.75) is 19.9 Å². The van der Waals surface area contributed by atoms with Gasteiger partial charge < -0.3 is 10.1 Å². The molecule has 100 valence electrons. The van der Waals surface area contributed by atoms with Crippen LogP contribution in [-0.2, 0) is 0 Å². The maximum atomic E-state index is 6.01. The molecule has 0 aliphatic rings. The molecule has 0 unspecified atom stereocenters. The molecule has 0 aliphatic carbocycles. The second-order valence-electron chi connectivity index (χ2n) is 4.27. The number of benzene rings is 1. The minimum Gasteiger partial charge on any atom is -0.486 e. The molecule has 0 aromatic heterocycles. The average molecular weight is 309 g/mol. The van der Waals surface area contributed by atoms with Gasteiger partial charge in [-0.1, -0.05) is 55.2 Å². The first-order valence-corrected chi connectivity index (χ1v) is 6.71. The van der Waals surface area contributed by atoms with Crippen LogP contribution < -0.4 is 10.1 Å². The molecule has 0 spiro atoms. The second-order valence-corrected chi connectivity index (χ2v) is 5.52. The monoisotopic (exact) mass is 307 g/mol. The molecule has 0 saturated carbocycles. The summed E-state index contributed by atoms with van der Waals surface area (Å²) < 4.78 is 5.55. The van der Waals surface area contributed by atoms with Crippen LogP contribution in [0, 0.1) is 0 Å². The van der Waals surface area contributed by atoms with Crippen LogP contribution >= 0.6 is 34.8 Å². The Balaban J connectivity index is 2.56. The molecule has 2 nitrogen and oxygen atoms in total. The van der Waals surface area contributed by atoms with Crippen molar-refractivity contribution in [3.05, 3.63) is 39.4 Å². The number of rotatable bonds is 6. The zero-order valence-corrected chi connectivity index (χ0v) is 12.7. The summed E-state index contributed by atoms with van der Waals surface area (Å²) in [6.07, 6.45) is 0. The van der Waals surface area contributed by atoms with Crippen molar-refractivity contribution in [2.75, 3.05) is 13.2 Å². The van der Waals surface area contributed by atoms with Crippen LogP contribution in [0.5, 0.6) is 5.75 Å². The van der Waals surface area contributed by atoms with E-state index in [9.17, 15) is 0 Å². The minimum atomic E-state index is 0.362. The van der Waals surface area contributed by atoms with Crippen LogP contribution in [0.3, 0.4) is 0 Å². The molecule has 0 radical (unpaired) electrons. The Bertz CT molecular complexity index is 409. The highest BCUT2D eigenvalue weighted by Crippen LogP contribution is 2.35. The van der Waals surface area contributed by atoms with E-state index in [2.05, 4.69) is 25.7 Å². The second kappa shape index (κ2) is 7.25. The third kappa shape index (κ3) is 5.07. The molecule has 1 aromatic carbocycles. The van der Waals surface area contributed by atoms with E-state index in [1.807, 2.05) is 0 Å². The molecular formula is C13H16Cl3NO. The van der Waals surface area contributed by atoms with Gasteiger partial charge in [-0.05, 0) is 17.7 Å². The molecular weight excluding hydrogens is 293 g/mol. The summed E-state index contributed by atoms with van der Waals surface area (Å²) in [6, 6.07) is 3.60. The van der Waals surface area contributed by atoms with Crippen LogP contribution in [0.1, 0.15) is 13.8 Å². The molecule has 0 atom stereocenters. The highest BCUT2D eigenvalue weighted by molar-refractivity contribution is 6.40. The first-order valence-electron chi connectivity index (χ1n) is 5.57. The summed E-state index contributed by atoms with van der Waals surface area (Å²) in [6.45, 7) is 9.12. The molecule has 1 N–H and O–H groups in total. The average Bonchev–Trinajstić information content (AvgIpc) is 2.24. The van der Waals surface area contributed by atoms with Gasteiger partial charge in [0.25, 0.3) is 0 Å². The summed E-state index contributed by atoms with van der Waals surface area (Å²) in [5, 5.41) is 4.54. The molecule has 0 fully saturated rings. The third-order valence-electron chi connectivity index (χ3n) is 2.14. The van der Waals surface area contributed by atoms with Gasteiger partial charge in [-0.3, -0.25) is 0 Å². The van der Waals surface area contributed by atoms with E-state index in [0.717, 1.165) is 5.57 Å². The van der Waals surface area contributed by atoms with Gasteiger partial charge in [0.15, 0.2) is 5.75 Å². The molecule has 0 heterocycles. The molecule has 0 amide bonds. The van der Waals surface area contributed by atoms with Crippen LogP contribution in [-0.4, -0.2) is 19.2 Å². The Morgan fingerprint density at radius 2 is 1.83 bits per heavy atom. The highest BCUT2D eigenvalue weighted by Gasteiger charge is 2.09. The quantitative estimate of drug-likeness (QED) is 0.777. The lowest BCUT2D eigenvalue weighted by Gasteiger charge is -2.13. The van der Waals surface area contributed by atoms with Gasteiger partial charge in [0.05, 0.1) is 10.0 Å². The van der Waals surface area contributed by atoms with Crippen molar-refractivity contribution in [1.29, 1.82) is 0 Å². The van der Waals surface area contributed by atoms with E-state index in [4.69, 9.17) is 39.5 Å². The Kier molecular flexibility index (Phi) is 6.30. The van der Waals surface area contributed by atoms with Crippen molar-refractivity contribution in [3.63, 3.8) is 0 Å². The maximum absolute atomic E-state index is 6.01. The first-order chi connectivity index (χ1) is 8.40. The van der Waals surface area contributed by atoms with Gasteiger partial charge in [0.2, 0.25) is 0 Å². The fourth-order valence-electron chi connectivity index (χ4n) is 1.24. The summed E-state index contributed by atoms with van der Waals surface area (Å²) in [5.74, 6) is 0.438. The Labute approximate surface area is 123 Å². The zero-order chi connectivity index (χ0) is 13.7. The predicted molar refractivity (Wildman–Crippen MR) is 79.2 cm³/mol. The number of nitrogens with one attached hydrogen (secondary N) is 1. The molecule has 0 saturated heterocycles. The van der Waals surface area contributed by atoms with Gasteiger partial charge in [-0.15, -0.1) is 0 Å². The normalized spacial score (nSPS) is 10.8. The number of halogens is 3. The van der Waals surface area contributed by atoms with E-state index in [-0.39, 0.29) is 0 Å². The summed E-state index contributed by atoms with van der Waals surface area (Å²) in [5.41, 5.74) is 0.922. The Morgan fingerprint density at radius 1 is 1.28 bits per heavy atom. The minimum absolute atomic E-state index is 0.362. The lowest BCUT2D eigenvalue weighted by molar-refractivity contribution is 0.347. The highest BCUT2D eigenvalue weighted by atomic mass is 35.5. The first kappa shape index (κ1) is 15.6. The van der Waals surface area contributed by atoms with Crippen molar-refractivity contribution in [1.82, 2.24) is 5.32 Å². The third-order valence-corrected chi connectivity index (χ3v) is 2.92. The van der Waals surface area contributed by atoms with Crippen molar-refractivity contribution < 1.29 is 4.74 Å². The number of hydrogen-bond acceptors (Lipinski definition) is 2. The lowest BCUT2D eigenvalue weighted by atomic mass is 10.3. The Hall–Kier alpha value is -0.410. The molecule has 18 heavy (non-hydrogen) atoms. The SMILES string of the molecule is C=C(CNC(C)C)COc1c(Cl)cc(Cl)cc1Cl. The van der Waals surface area contributed by atoms with Gasteiger partial charge >= 0.3 is 0 Å². The van der Waals surface area contributed by atoms with E-state index < -0.39 is 0 Å². The van der Waals surface area contributed by atoms with Gasteiger partial charge in [-0.2, -0.15) is 0 Å². The molecule has 1 rings (SSSR count). The van der Waals surface area contributed by atoms with Crippen molar-refractivity contribution >= 4 is 34.8 Å². The summed E-state index contributed by atoms with van der Waals surface area (Å²) in [4.78, 5) is 0. The fraction of sp³-hybridized carbons (Fsp3) is 0.385. The molecule has 0 bridgehead atoms. The van der Waals surface area contributed by atoms with E-state index in [0.29, 0.717) is 40.0 Å². The van der Waals surface area contributed by atoms with E-state index in [1.165, 1.54) is 0 Å². The Morgan fingerprint density at radius 3 is 2.33 bits per heavy atom. The van der Waals surface area contributed by atoms with Gasteiger partial charge in [0.1, 0.15) is 6.61 Å². The molecule has 5 heteroatoms. The predicted octanol–water partition coefficient (Wildman–Crippen LogP) is 4.58. The van der Waals surface area contributed by atoms with E-state index in [1.54, 1.807) is 12.1 Å². The number of ether oxygens (including phenoxy) is 1. The fourth-order valence-corrected chi connectivity index (χ4v) is 2.17. The molecule has 1 aromatic rings. The van der Waals surface area contributed by atoms with Crippen molar-refractivity contribution in [3.8, 4) is 5.75 Å². The zero-order valence-electron chi connectivity index (χ0n) is 10.4. The van der Waals surface area contributed by atoms with Gasteiger partial charge in [-0.25, -0.2) is 0 Å².